The fourth-order valence-corrected chi connectivity index (χ4v) is 5.34. The third-order valence-electron chi connectivity index (χ3n) is 4.01. The molecule has 124 valence electrons. The Balaban J connectivity index is 1.93. The average molecular weight is 361 g/mol. The van der Waals surface area contributed by atoms with E-state index in [1.807, 2.05) is 11.4 Å². The van der Waals surface area contributed by atoms with Gasteiger partial charge in [-0.15, -0.1) is 11.3 Å². The van der Waals surface area contributed by atoms with Crippen LogP contribution in [0.3, 0.4) is 0 Å². The zero-order chi connectivity index (χ0) is 16.8. The minimum atomic E-state index is -4.48. The van der Waals surface area contributed by atoms with Gasteiger partial charge in [0.25, 0.3) is 0 Å². The van der Waals surface area contributed by atoms with Gasteiger partial charge in [-0.3, -0.25) is 0 Å². The second-order valence-corrected chi connectivity index (χ2v) is 8.25. The monoisotopic (exact) mass is 361 g/mol. The van der Waals surface area contributed by atoms with Crippen LogP contribution in [0.4, 0.5) is 13.2 Å². The van der Waals surface area contributed by atoms with Gasteiger partial charge in [0.2, 0.25) is 10.0 Å². The Morgan fingerprint density at radius 1 is 1.17 bits per heavy atom. The SMILES string of the molecule is CC1c2ccsc2CCN1S(=O)(=O)c1ccc(C(F)(F)F)cc1. The summed E-state index contributed by atoms with van der Waals surface area (Å²) < 4.78 is 64.6. The molecule has 0 fully saturated rings. The molecule has 0 amide bonds. The number of benzene rings is 1. The summed E-state index contributed by atoms with van der Waals surface area (Å²) in [5.74, 6) is 0. The molecule has 3 rings (SSSR count). The Morgan fingerprint density at radius 2 is 1.83 bits per heavy atom. The van der Waals surface area contributed by atoms with Crippen LogP contribution in [0.2, 0.25) is 0 Å². The molecule has 2 heterocycles. The van der Waals surface area contributed by atoms with Gasteiger partial charge in [0.05, 0.1) is 10.5 Å². The van der Waals surface area contributed by atoms with Gasteiger partial charge in [-0.1, -0.05) is 0 Å². The third-order valence-corrected chi connectivity index (χ3v) is 6.99. The van der Waals surface area contributed by atoms with Crippen LogP contribution in [0.15, 0.2) is 40.6 Å². The highest BCUT2D eigenvalue weighted by Crippen LogP contribution is 2.37. The Hall–Kier alpha value is -1.38. The topological polar surface area (TPSA) is 37.4 Å². The molecular weight excluding hydrogens is 347 g/mol. The molecule has 0 saturated heterocycles. The van der Waals surface area contributed by atoms with E-state index in [1.54, 1.807) is 18.3 Å². The van der Waals surface area contributed by atoms with Crippen LogP contribution in [0.1, 0.15) is 29.0 Å². The molecule has 0 radical (unpaired) electrons. The van der Waals surface area contributed by atoms with Crippen molar-refractivity contribution in [2.45, 2.75) is 30.5 Å². The van der Waals surface area contributed by atoms with E-state index in [0.717, 1.165) is 34.7 Å². The number of sulfonamides is 1. The van der Waals surface area contributed by atoms with Gasteiger partial charge in [0.1, 0.15) is 0 Å². The quantitative estimate of drug-likeness (QED) is 0.808. The maximum atomic E-state index is 12.7. The minimum absolute atomic E-state index is 0.115. The first-order valence-corrected chi connectivity index (χ1v) is 9.28. The Bertz CT molecular complexity index is 810. The summed E-state index contributed by atoms with van der Waals surface area (Å²) in [5.41, 5.74) is 0.111. The standard InChI is InChI=1S/C15H14F3NO2S2/c1-10-13-7-9-22-14(13)6-8-19(10)23(20,21)12-4-2-11(3-5-12)15(16,17)18/h2-5,7,9-10H,6,8H2,1H3. The van der Waals surface area contributed by atoms with Gasteiger partial charge in [-0.25, -0.2) is 8.42 Å². The van der Waals surface area contributed by atoms with Crippen molar-refractivity contribution in [2.75, 3.05) is 6.54 Å². The van der Waals surface area contributed by atoms with E-state index in [9.17, 15) is 21.6 Å². The normalized spacial score (nSPS) is 19.6. The molecule has 3 nitrogen and oxygen atoms in total. The van der Waals surface area contributed by atoms with E-state index >= 15 is 0 Å². The summed E-state index contributed by atoms with van der Waals surface area (Å²) in [6, 6.07) is 5.23. The van der Waals surface area contributed by atoms with Gasteiger partial charge < -0.3 is 0 Å². The molecule has 1 unspecified atom stereocenters. The van der Waals surface area contributed by atoms with Crippen molar-refractivity contribution in [3.05, 3.63) is 51.7 Å². The maximum absolute atomic E-state index is 12.7. The lowest BCUT2D eigenvalue weighted by molar-refractivity contribution is -0.137. The highest BCUT2D eigenvalue weighted by molar-refractivity contribution is 7.89. The second kappa shape index (κ2) is 5.61. The number of nitrogens with zero attached hydrogens (tertiary/aromatic N) is 1. The van der Waals surface area contributed by atoms with Crippen LogP contribution < -0.4 is 0 Å². The molecule has 0 saturated carbocycles. The summed E-state index contributed by atoms with van der Waals surface area (Å²) in [6.07, 6.45) is -3.86. The van der Waals surface area contributed by atoms with Crippen molar-refractivity contribution < 1.29 is 21.6 Å². The molecular formula is C15H14F3NO2S2. The summed E-state index contributed by atoms with van der Waals surface area (Å²) in [6.45, 7) is 2.13. The predicted octanol–water partition coefficient (Wildman–Crippen LogP) is 4.07. The Kier molecular flexibility index (Phi) is 4.02. The number of hydrogen-bond donors (Lipinski definition) is 0. The van der Waals surface area contributed by atoms with Crippen LogP contribution in [0.5, 0.6) is 0 Å². The summed E-state index contributed by atoms with van der Waals surface area (Å²) in [4.78, 5) is 1.05. The summed E-state index contributed by atoms with van der Waals surface area (Å²) in [7, 11) is -3.82. The molecule has 0 bridgehead atoms. The fraction of sp³-hybridized carbons (Fsp3) is 0.333. The summed E-state index contributed by atoms with van der Waals surface area (Å²) >= 11 is 1.60. The van der Waals surface area contributed by atoms with Crippen molar-refractivity contribution in [3.8, 4) is 0 Å². The lowest BCUT2D eigenvalue weighted by Crippen LogP contribution is -2.38. The molecule has 1 aliphatic heterocycles. The van der Waals surface area contributed by atoms with Gasteiger partial charge in [0, 0.05) is 17.5 Å². The van der Waals surface area contributed by atoms with Gasteiger partial charge in [-0.2, -0.15) is 17.5 Å². The van der Waals surface area contributed by atoms with Crippen LogP contribution in [0, 0.1) is 0 Å². The number of halogens is 3. The van der Waals surface area contributed by atoms with Gasteiger partial charge >= 0.3 is 6.18 Å². The number of fused-ring (bicyclic) bond motifs is 1. The Morgan fingerprint density at radius 3 is 2.43 bits per heavy atom. The van der Waals surface area contributed by atoms with E-state index in [0.29, 0.717) is 13.0 Å². The van der Waals surface area contributed by atoms with Crippen LogP contribution in [-0.4, -0.2) is 19.3 Å². The van der Waals surface area contributed by atoms with E-state index < -0.39 is 21.8 Å². The van der Waals surface area contributed by atoms with Crippen LogP contribution >= 0.6 is 11.3 Å². The number of thiophene rings is 1. The largest absolute Gasteiger partial charge is 0.416 e. The van der Waals surface area contributed by atoms with E-state index in [1.165, 1.54) is 4.31 Å². The second-order valence-electron chi connectivity index (χ2n) is 5.36. The highest BCUT2D eigenvalue weighted by Gasteiger charge is 2.35. The zero-order valence-corrected chi connectivity index (χ0v) is 13.8. The third kappa shape index (κ3) is 2.90. The van der Waals surface area contributed by atoms with E-state index in [-0.39, 0.29) is 10.9 Å². The minimum Gasteiger partial charge on any atom is -0.207 e. The van der Waals surface area contributed by atoms with Crippen molar-refractivity contribution in [1.29, 1.82) is 0 Å². The molecule has 0 aliphatic carbocycles. The molecule has 2 aromatic rings. The first-order chi connectivity index (χ1) is 10.7. The molecule has 1 aromatic heterocycles. The number of alkyl halides is 3. The predicted molar refractivity (Wildman–Crippen MR) is 81.8 cm³/mol. The van der Waals surface area contributed by atoms with E-state index in [2.05, 4.69) is 0 Å². The molecule has 1 aliphatic rings. The molecule has 0 N–H and O–H groups in total. The van der Waals surface area contributed by atoms with E-state index in [4.69, 9.17) is 0 Å². The lowest BCUT2D eigenvalue weighted by atomic mass is 10.0. The highest BCUT2D eigenvalue weighted by atomic mass is 32.2. The van der Waals surface area contributed by atoms with Gasteiger partial charge in [0.15, 0.2) is 0 Å². The fourth-order valence-electron chi connectivity index (χ4n) is 2.77. The zero-order valence-electron chi connectivity index (χ0n) is 12.2. The molecule has 0 spiro atoms. The van der Waals surface area contributed by atoms with Crippen LogP contribution in [-0.2, 0) is 22.6 Å². The molecule has 23 heavy (non-hydrogen) atoms. The Labute approximate surface area is 136 Å². The first-order valence-electron chi connectivity index (χ1n) is 6.96. The van der Waals surface area contributed by atoms with Crippen molar-refractivity contribution >= 4 is 21.4 Å². The molecule has 1 atom stereocenters. The average Bonchev–Trinajstić information content (AvgIpc) is 2.96. The number of rotatable bonds is 2. The van der Waals surface area contributed by atoms with Gasteiger partial charge in [-0.05, 0) is 54.6 Å². The van der Waals surface area contributed by atoms with Crippen LogP contribution in [0.25, 0.3) is 0 Å². The molecule has 8 heteroatoms. The summed E-state index contributed by atoms with van der Waals surface area (Å²) in [5, 5.41) is 1.93. The van der Waals surface area contributed by atoms with Crippen molar-refractivity contribution in [3.63, 3.8) is 0 Å². The van der Waals surface area contributed by atoms with Crippen molar-refractivity contribution in [2.24, 2.45) is 0 Å². The maximum Gasteiger partial charge on any atom is 0.416 e. The van der Waals surface area contributed by atoms with Crippen molar-refractivity contribution in [1.82, 2.24) is 4.31 Å². The number of hydrogen-bond acceptors (Lipinski definition) is 3. The lowest BCUT2D eigenvalue weighted by Gasteiger charge is -2.32. The first kappa shape index (κ1) is 16.5. The smallest absolute Gasteiger partial charge is 0.207 e. The molecule has 1 aromatic carbocycles.